The Kier molecular flexibility index (Phi) is 3.88. The number of hydrogen-bond acceptors (Lipinski definition) is 3. The lowest BCUT2D eigenvalue weighted by Crippen LogP contribution is -2.12. The second kappa shape index (κ2) is 5.82. The number of carbonyl (C=O) groups is 2. The van der Waals surface area contributed by atoms with Gasteiger partial charge in [-0.05, 0) is 31.2 Å². The molecule has 1 aromatic carbocycles. The quantitative estimate of drug-likeness (QED) is 0.876. The zero-order chi connectivity index (χ0) is 14.8. The first kappa shape index (κ1) is 14.0. The molecule has 1 aliphatic carbocycles. The highest BCUT2D eigenvalue weighted by Crippen LogP contribution is 2.39. The van der Waals surface area contributed by atoms with Crippen LogP contribution in [0.1, 0.15) is 46.1 Å². The number of hydrogen-bond donors (Lipinski definition) is 1. The Morgan fingerprint density at radius 2 is 1.81 bits per heavy atom. The number of carbonyl (C=O) groups excluding carboxylic acids is 2. The number of amides is 1. The van der Waals surface area contributed by atoms with Gasteiger partial charge in [-0.3, -0.25) is 9.59 Å². The van der Waals surface area contributed by atoms with Gasteiger partial charge in [0, 0.05) is 17.4 Å². The van der Waals surface area contributed by atoms with E-state index in [2.05, 4.69) is 5.32 Å². The van der Waals surface area contributed by atoms with Crippen LogP contribution in [0.4, 0.5) is 5.00 Å². The van der Waals surface area contributed by atoms with Gasteiger partial charge in [0.15, 0.2) is 5.78 Å². The largest absolute Gasteiger partial charge is 0.317 e. The maximum atomic E-state index is 12.8. The Bertz CT molecular complexity index is 688. The summed E-state index contributed by atoms with van der Waals surface area (Å²) >= 11 is 1.56. The third kappa shape index (κ3) is 2.76. The smallest absolute Gasteiger partial charge is 0.221 e. The topological polar surface area (TPSA) is 46.2 Å². The van der Waals surface area contributed by atoms with Crippen molar-refractivity contribution in [3.8, 4) is 0 Å². The molecule has 21 heavy (non-hydrogen) atoms. The van der Waals surface area contributed by atoms with Crippen molar-refractivity contribution in [2.75, 3.05) is 5.32 Å². The average Bonchev–Trinajstić information content (AvgIpc) is 2.84. The van der Waals surface area contributed by atoms with E-state index in [1.807, 2.05) is 30.3 Å². The lowest BCUT2D eigenvalue weighted by Gasteiger charge is -2.12. The minimum absolute atomic E-state index is 0.0127. The minimum Gasteiger partial charge on any atom is -0.317 e. The number of fused-ring (bicyclic) bond motifs is 1. The second-order valence-electron chi connectivity index (χ2n) is 5.29. The Hall–Kier alpha value is -1.94. The van der Waals surface area contributed by atoms with Gasteiger partial charge < -0.3 is 5.32 Å². The van der Waals surface area contributed by atoms with E-state index in [9.17, 15) is 9.59 Å². The van der Waals surface area contributed by atoms with Crippen molar-refractivity contribution in [1.29, 1.82) is 0 Å². The molecule has 0 bridgehead atoms. The minimum atomic E-state index is -0.129. The predicted octanol–water partition coefficient (Wildman–Crippen LogP) is 3.82. The van der Waals surface area contributed by atoms with Gasteiger partial charge in [-0.1, -0.05) is 30.3 Å². The van der Waals surface area contributed by atoms with Crippen LogP contribution in [0.25, 0.3) is 0 Å². The van der Waals surface area contributed by atoms with Crippen molar-refractivity contribution in [3.63, 3.8) is 0 Å². The summed E-state index contributed by atoms with van der Waals surface area (Å²) < 4.78 is 0. The zero-order valence-corrected chi connectivity index (χ0v) is 12.8. The zero-order valence-electron chi connectivity index (χ0n) is 11.9. The first-order chi connectivity index (χ1) is 10.2. The highest BCUT2D eigenvalue weighted by molar-refractivity contribution is 7.17. The maximum absolute atomic E-state index is 12.8. The summed E-state index contributed by atoms with van der Waals surface area (Å²) in [6.07, 6.45) is 4.21. The maximum Gasteiger partial charge on any atom is 0.221 e. The summed E-state index contributed by atoms with van der Waals surface area (Å²) in [7, 11) is 0. The van der Waals surface area contributed by atoms with Crippen LogP contribution in [0.5, 0.6) is 0 Å². The molecular formula is C17H17NO2S. The molecule has 3 nitrogen and oxygen atoms in total. The van der Waals surface area contributed by atoms with Crippen LogP contribution in [0.15, 0.2) is 30.3 Å². The number of ketones is 1. The lowest BCUT2D eigenvalue weighted by atomic mass is 9.92. The van der Waals surface area contributed by atoms with Gasteiger partial charge in [-0.15, -0.1) is 11.3 Å². The van der Waals surface area contributed by atoms with Gasteiger partial charge in [0.25, 0.3) is 0 Å². The van der Waals surface area contributed by atoms with E-state index in [4.69, 9.17) is 0 Å². The number of benzene rings is 1. The van der Waals surface area contributed by atoms with Crippen LogP contribution < -0.4 is 5.32 Å². The van der Waals surface area contributed by atoms with Crippen molar-refractivity contribution >= 4 is 28.0 Å². The summed E-state index contributed by atoms with van der Waals surface area (Å²) in [4.78, 5) is 25.5. The SMILES string of the molecule is CC(=O)Nc1sc2c(c1C(=O)c1ccccc1)CCCC2. The molecule has 0 saturated heterocycles. The van der Waals surface area contributed by atoms with Gasteiger partial charge in [0.1, 0.15) is 5.00 Å². The van der Waals surface area contributed by atoms with Gasteiger partial charge in [0.2, 0.25) is 5.91 Å². The molecule has 0 radical (unpaired) electrons. The van der Waals surface area contributed by atoms with Crippen molar-refractivity contribution in [2.45, 2.75) is 32.6 Å². The van der Waals surface area contributed by atoms with E-state index in [1.165, 1.54) is 11.8 Å². The Morgan fingerprint density at radius 3 is 2.52 bits per heavy atom. The molecule has 0 unspecified atom stereocenters. The second-order valence-corrected chi connectivity index (χ2v) is 6.40. The van der Waals surface area contributed by atoms with E-state index in [0.29, 0.717) is 16.1 Å². The molecule has 1 aliphatic rings. The van der Waals surface area contributed by atoms with Crippen molar-refractivity contribution in [1.82, 2.24) is 0 Å². The number of nitrogens with one attached hydrogen (secondary N) is 1. The number of rotatable bonds is 3. The van der Waals surface area contributed by atoms with Gasteiger partial charge in [0.05, 0.1) is 5.56 Å². The van der Waals surface area contributed by atoms with Gasteiger partial charge in [-0.2, -0.15) is 0 Å². The van der Waals surface area contributed by atoms with E-state index in [1.54, 1.807) is 11.3 Å². The van der Waals surface area contributed by atoms with Crippen LogP contribution >= 0.6 is 11.3 Å². The van der Waals surface area contributed by atoms with E-state index >= 15 is 0 Å². The summed E-state index contributed by atoms with van der Waals surface area (Å²) in [6, 6.07) is 9.28. The molecule has 1 heterocycles. The van der Waals surface area contributed by atoms with Crippen molar-refractivity contribution < 1.29 is 9.59 Å². The molecule has 0 spiro atoms. The Labute approximate surface area is 128 Å². The van der Waals surface area contributed by atoms with Crippen LogP contribution in [0.3, 0.4) is 0 Å². The van der Waals surface area contributed by atoms with Crippen LogP contribution in [-0.4, -0.2) is 11.7 Å². The molecular weight excluding hydrogens is 282 g/mol. The summed E-state index contributed by atoms with van der Waals surface area (Å²) in [5.41, 5.74) is 2.52. The van der Waals surface area contributed by atoms with Crippen LogP contribution in [0, 0.1) is 0 Å². The Balaban J connectivity index is 2.09. The van der Waals surface area contributed by atoms with Crippen molar-refractivity contribution in [2.24, 2.45) is 0 Å². The molecule has 1 amide bonds. The molecule has 3 rings (SSSR count). The highest BCUT2D eigenvalue weighted by Gasteiger charge is 2.26. The molecule has 1 N–H and O–H groups in total. The summed E-state index contributed by atoms with van der Waals surface area (Å²) in [6.45, 7) is 1.48. The molecule has 0 atom stereocenters. The van der Waals surface area contributed by atoms with Crippen molar-refractivity contribution in [3.05, 3.63) is 51.9 Å². The van der Waals surface area contributed by atoms with Gasteiger partial charge in [-0.25, -0.2) is 0 Å². The fourth-order valence-corrected chi connectivity index (χ4v) is 4.12. The lowest BCUT2D eigenvalue weighted by molar-refractivity contribution is -0.114. The molecule has 2 aromatic rings. The first-order valence-corrected chi connectivity index (χ1v) is 8.00. The fraction of sp³-hybridized carbons (Fsp3) is 0.294. The molecule has 1 aromatic heterocycles. The number of thiophene rings is 1. The number of anilines is 1. The molecule has 0 fully saturated rings. The molecule has 4 heteroatoms. The summed E-state index contributed by atoms with van der Waals surface area (Å²) in [5, 5.41) is 3.55. The van der Waals surface area contributed by atoms with E-state index in [-0.39, 0.29) is 11.7 Å². The van der Waals surface area contributed by atoms with Gasteiger partial charge >= 0.3 is 0 Å². The van der Waals surface area contributed by atoms with Crippen LogP contribution in [-0.2, 0) is 17.6 Å². The van der Waals surface area contributed by atoms with Crippen LogP contribution in [0.2, 0.25) is 0 Å². The highest BCUT2D eigenvalue weighted by atomic mass is 32.1. The average molecular weight is 299 g/mol. The third-order valence-corrected chi connectivity index (χ3v) is 4.93. The normalized spacial score (nSPS) is 13.6. The standard InChI is InChI=1S/C17H17NO2S/c1-11(19)18-17-15(13-9-5-6-10-14(13)21-17)16(20)12-7-3-2-4-8-12/h2-4,7-8H,5-6,9-10H2,1H3,(H,18,19). The molecule has 0 saturated carbocycles. The van der Waals surface area contributed by atoms with E-state index in [0.717, 1.165) is 31.2 Å². The molecule has 0 aliphatic heterocycles. The third-order valence-electron chi connectivity index (χ3n) is 3.72. The van der Waals surface area contributed by atoms with E-state index < -0.39 is 0 Å². The summed E-state index contributed by atoms with van der Waals surface area (Å²) in [5.74, 6) is -0.116. The number of aryl methyl sites for hydroxylation is 1. The monoisotopic (exact) mass is 299 g/mol. The Morgan fingerprint density at radius 1 is 1.10 bits per heavy atom. The first-order valence-electron chi connectivity index (χ1n) is 7.18. The predicted molar refractivity (Wildman–Crippen MR) is 85.1 cm³/mol. The fourth-order valence-electron chi connectivity index (χ4n) is 2.79. The molecule has 108 valence electrons.